The van der Waals surface area contributed by atoms with E-state index in [0.717, 1.165) is 48.7 Å². The SMILES string of the molecule is CCN(CC)c1ccc2nc3ccc(=[N+]4CCCC4)cc-3oc2c1.[Cl-]. The lowest BCUT2D eigenvalue weighted by Gasteiger charge is -2.21. The van der Waals surface area contributed by atoms with Gasteiger partial charge in [-0.3, -0.25) is 0 Å². The Morgan fingerprint density at radius 2 is 1.80 bits per heavy atom. The lowest BCUT2D eigenvalue weighted by molar-refractivity contribution is -0.00000545. The molecular weight excluding hydrogens is 334 g/mol. The molecule has 4 rings (SSSR count). The third kappa shape index (κ3) is 3.36. The topological polar surface area (TPSA) is 32.3 Å². The maximum Gasteiger partial charge on any atom is 0.203 e. The molecule has 0 bridgehead atoms. The largest absolute Gasteiger partial charge is 1.00 e. The van der Waals surface area contributed by atoms with Crippen LogP contribution in [-0.2, 0) is 0 Å². The number of benzene rings is 2. The Kier molecular flexibility index (Phi) is 5.28. The van der Waals surface area contributed by atoms with Crippen LogP contribution in [0.1, 0.15) is 26.7 Å². The first kappa shape index (κ1) is 17.7. The lowest BCUT2D eigenvalue weighted by Crippen LogP contribution is -3.00. The van der Waals surface area contributed by atoms with Crippen LogP contribution >= 0.6 is 0 Å². The summed E-state index contributed by atoms with van der Waals surface area (Å²) >= 11 is 0. The number of hydrogen-bond donors (Lipinski definition) is 0. The average Bonchev–Trinajstić information content (AvgIpc) is 3.15. The third-order valence-corrected chi connectivity index (χ3v) is 4.95. The van der Waals surface area contributed by atoms with Crippen LogP contribution in [0.5, 0.6) is 0 Å². The Balaban J connectivity index is 0.00000182. The summed E-state index contributed by atoms with van der Waals surface area (Å²) in [6.45, 7) is 8.60. The highest BCUT2D eigenvalue weighted by Gasteiger charge is 2.16. The van der Waals surface area contributed by atoms with E-state index in [1.807, 2.05) is 0 Å². The Bertz CT molecular complexity index is 906. The summed E-state index contributed by atoms with van der Waals surface area (Å²) in [6.07, 6.45) is 2.55. The number of nitrogens with zero attached hydrogens (tertiary/aromatic N) is 3. The van der Waals surface area contributed by atoms with Crippen molar-refractivity contribution >= 4 is 16.8 Å². The van der Waals surface area contributed by atoms with Gasteiger partial charge in [-0.2, -0.15) is 0 Å². The molecule has 0 N–H and O–H groups in total. The van der Waals surface area contributed by atoms with Crippen molar-refractivity contribution in [1.29, 1.82) is 0 Å². The second kappa shape index (κ2) is 7.44. The summed E-state index contributed by atoms with van der Waals surface area (Å²) in [4.78, 5) is 7.09. The maximum absolute atomic E-state index is 6.21. The predicted octanol–water partition coefficient (Wildman–Crippen LogP) is 0.349. The molecule has 1 aliphatic carbocycles. The molecule has 0 spiro atoms. The van der Waals surface area contributed by atoms with Gasteiger partial charge in [0.05, 0.1) is 6.07 Å². The Morgan fingerprint density at radius 1 is 1.04 bits per heavy atom. The molecule has 3 aliphatic rings. The molecule has 4 nitrogen and oxygen atoms in total. The number of fused-ring (bicyclic) bond motifs is 2. The molecule has 1 fully saturated rings. The third-order valence-electron chi connectivity index (χ3n) is 4.95. The predicted molar refractivity (Wildman–Crippen MR) is 98.4 cm³/mol. The molecular formula is C20H24ClN3O. The zero-order chi connectivity index (χ0) is 16.5. The molecule has 0 atom stereocenters. The Labute approximate surface area is 154 Å². The number of aromatic nitrogens is 1. The van der Waals surface area contributed by atoms with Gasteiger partial charge < -0.3 is 21.7 Å². The molecule has 1 saturated heterocycles. The van der Waals surface area contributed by atoms with Gasteiger partial charge in [-0.15, -0.1) is 0 Å². The highest BCUT2D eigenvalue weighted by Crippen LogP contribution is 2.27. The van der Waals surface area contributed by atoms with E-state index in [9.17, 15) is 0 Å². The fourth-order valence-electron chi connectivity index (χ4n) is 3.56. The maximum atomic E-state index is 6.21. The number of hydrogen-bond acceptors (Lipinski definition) is 3. The summed E-state index contributed by atoms with van der Waals surface area (Å²) in [7, 11) is 0. The van der Waals surface area contributed by atoms with E-state index in [2.05, 4.69) is 59.7 Å². The van der Waals surface area contributed by atoms with Crippen LogP contribution in [0.25, 0.3) is 22.6 Å². The van der Waals surface area contributed by atoms with Crippen molar-refractivity contribution in [3.05, 3.63) is 41.8 Å². The zero-order valence-corrected chi connectivity index (χ0v) is 15.6. The fourth-order valence-corrected chi connectivity index (χ4v) is 3.56. The average molecular weight is 358 g/mol. The molecule has 2 heterocycles. The van der Waals surface area contributed by atoms with Crippen molar-refractivity contribution < 1.29 is 16.8 Å². The van der Waals surface area contributed by atoms with Crippen LogP contribution < -0.4 is 27.2 Å². The normalized spacial score (nSPS) is 14.1. The van der Waals surface area contributed by atoms with Crippen LogP contribution in [0.4, 0.5) is 5.69 Å². The minimum atomic E-state index is 0. The molecule has 5 heteroatoms. The van der Waals surface area contributed by atoms with E-state index in [-0.39, 0.29) is 12.4 Å². The highest BCUT2D eigenvalue weighted by molar-refractivity contribution is 5.80. The highest BCUT2D eigenvalue weighted by atomic mass is 35.5. The fraction of sp³-hybridized carbons (Fsp3) is 0.400. The van der Waals surface area contributed by atoms with Crippen LogP contribution in [-0.4, -0.2) is 31.2 Å². The van der Waals surface area contributed by atoms with E-state index in [0.29, 0.717) is 0 Å². The molecule has 0 radical (unpaired) electrons. The molecule has 132 valence electrons. The van der Waals surface area contributed by atoms with Crippen LogP contribution in [0.2, 0.25) is 0 Å². The number of rotatable bonds is 3. The van der Waals surface area contributed by atoms with Crippen molar-refractivity contribution in [3.63, 3.8) is 0 Å². The summed E-state index contributed by atoms with van der Waals surface area (Å²) in [5.41, 5.74) is 3.87. The van der Waals surface area contributed by atoms with Crippen LogP contribution in [0.3, 0.4) is 0 Å². The second-order valence-electron chi connectivity index (χ2n) is 6.38. The Hall–Kier alpha value is -2.07. The van der Waals surface area contributed by atoms with Crippen LogP contribution in [0, 0.1) is 0 Å². The van der Waals surface area contributed by atoms with Crippen molar-refractivity contribution in [2.75, 3.05) is 31.1 Å². The Morgan fingerprint density at radius 3 is 2.52 bits per heavy atom. The van der Waals surface area contributed by atoms with Crippen LogP contribution in [0.15, 0.2) is 40.8 Å². The molecule has 0 amide bonds. The number of halogens is 1. The first-order valence-corrected chi connectivity index (χ1v) is 8.96. The van der Waals surface area contributed by atoms with Gasteiger partial charge in [0.25, 0.3) is 0 Å². The second-order valence-corrected chi connectivity index (χ2v) is 6.38. The van der Waals surface area contributed by atoms with Gasteiger partial charge >= 0.3 is 0 Å². The van der Waals surface area contributed by atoms with E-state index >= 15 is 0 Å². The molecule has 2 aliphatic heterocycles. The van der Waals surface area contributed by atoms with Gasteiger partial charge in [0.2, 0.25) is 5.36 Å². The van der Waals surface area contributed by atoms with Crippen molar-refractivity contribution in [2.45, 2.75) is 26.7 Å². The van der Waals surface area contributed by atoms with Crippen molar-refractivity contribution in [3.8, 4) is 11.5 Å². The van der Waals surface area contributed by atoms with Crippen molar-refractivity contribution in [2.24, 2.45) is 0 Å². The molecule has 0 saturated carbocycles. The van der Waals surface area contributed by atoms with E-state index in [1.165, 1.54) is 23.9 Å². The molecule has 25 heavy (non-hydrogen) atoms. The zero-order valence-electron chi connectivity index (χ0n) is 14.8. The monoisotopic (exact) mass is 357 g/mol. The summed E-state index contributed by atoms with van der Waals surface area (Å²) in [5, 5.41) is 1.24. The van der Waals surface area contributed by atoms with Gasteiger partial charge in [0.1, 0.15) is 24.3 Å². The summed E-state index contributed by atoms with van der Waals surface area (Å²) in [6, 6.07) is 12.7. The van der Waals surface area contributed by atoms with Gasteiger partial charge in [-0.1, -0.05) is 0 Å². The molecule has 0 aromatic heterocycles. The van der Waals surface area contributed by atoms with Gasteiger partial charge in [-0.25, -0.2) is 9.56 Å². The molecule has 0 unspecified atom stereocenters. The quantitative estimate of drug-likeness (QED) is 0.501. The van der Waals surface area contributed by atoms with Gasteiger partial charge in [0, 0.05) is 43.8 Å². The molecule has 1 aromatic carbocycles. The van der Waals surface area contributed by atoms with Gasteiger partial charge in [0.15, 0.2) is 11.3 Å². The molecule has 1 aromatic rings. The lowest BCUT2D eigenvalue weighted by atomic mass is 10.2. The van der Waals surface area contributed by atoms with E-state index in [4.69, 9.17) is 9.40 Å². The first-order chi connectivity index (χ1) is 11.8. The number of anilines is 1. The summed E-state index contributed by atoms with van der Waals surface area (Å²) < 4.78 is 8.63. The van der Waals surface area contributed by atoms with E-state index in [1.54, 1.807) is 0 Å². The standard InChI is InChI=1S/C20H24N3O.ClH/c1-3-22(4-2)15-7-9-17-19(13-15)24-20-14-16(8-10-18(20)21-17)23-11-5-6-12-23;/h7-10,13-14H,3-6,11-12H2,1-2H3;1H/q+1;/p-1. The first-order valence-electron chi connectivity index (χ1n) is 8.96. The van der Waals surface area contributed by atoms with Gasteiger partial charge in [-0.05, 0) is 32.0 Å². The van der Waals surface area contributed by atoms with E-state index < -0.39 is 0 Å². The smallest absolute Gasteiger partial charge is 0.203 e. The minimum Gasteiger partial charge on any atom is -1.00 e. The van der Waals surface area contributed by atoms with Crippen molar-refractivity contribution in [1.82, 2.24) is 9.56 Å². The minimum absolute atomic E-state index is 0. The summed E-state index contributed by atoms with van der Waals surface area (Å²) in [5.74, 6) is 0.864.